The molecular formula is C17H22N4O2. The minimum Gasteiger partial charge on any atom is -0.383 e. The number of rotatable bonds is 6. The average molecular weight is 314 g/mol. The van der Waals surface area contributed by atoms with Crippen LogP contribution in [-0.2, 0) is 4.74 Å². The van der Waals surface area contributed by atoms with Crippen molar-refractivity contribution < 1.29 is 9.53 Å². The van der Waals surface area contributed by atoms with Crippen molar-refractivity contribution in [1.29, 1.82) is 0 Å². The van der Waals surface area contributed by atoms with Crippen LogP contribution in [0, 0.1) is 20.8 Å². The number of hydrogen-bond acceptors (Lipinski definition) is 5. The Hall–Kier alpha value is -2.47. The maximum absolute atomic E-state index is 12.5. The number of nitrogens with one attached hydrogen (secondary N) is 2. The molecule has 2 rings (SSSR count). The van der Waals surface area contributed by atoms with E-state index in [1.807, 2.05) is 32.0 Å². The van der Waals surface area contributed by atoms with Gasteiger partial charge in [0.25, 0.3) is 5.91 Å². The summed E-state index contributed by atoms with van der Waals surface area (Å²) in [6.07, 6.45) is 0. The lowest BCUT2D eigenvalue weighted by atomic mass is 10.1. The van der Waals surface area contributed by atoms with E-state index in [2.05, 4.69) is 20.6 Å². The maximum Gasteiger partial charge on any atom is 0.274 e. The fourth-order valence-corrected chi connectivity index (χ4v) is 2.11. The summed E-state index contributed by atoms with van der Waals surface area (Å²) in [5, 5.41) is 6.02. The number of amides is 1. The summed E-state index contributed by atoms with van der Waals surface area (Å²) < 4.78 is 4.99. The van der Waals surface area contributed by atoms with E-state index in [0.29, 0.717) is 30.5 Å². The predicted molar refractivity (Wildman–Crippen MR) is 91.0 cm³/mol. The van der Waals surface area contributed by atoms with E-state index < -0.39 is 0 Å². The molecule has 0 spiro atoms. The first-order valence-electron chi connectivity index (χ1n) is 7.46. The molecule has 0 aliphatic rings. The summed E-state index contributed by atoms with van der Waals surface area (Å²) in [6.45, 7) is 6.88. The predicted octanol–water partition coefficient (Wildman–Crippen LogP) is 2.71. The van der Waals surface area contributed by atoms with Crippen LogP contribution in [0.15, 0.2) is 24.3 Å². The molecule has 0 bridgehead atoms. The van der Waals surface area contributed by atoms with Crippen LogP contribution in [0.2, 0.25) is 0 Å². The topological polar surface area (TPSA) is 76.1 Å². The van der Waals surface area contributed by atoms with Gasteiger partial charge >= 0.3 is 0 Å². The summed E-state index contributed by atoms with van der Waals surface area (Å²) in [6, 6.07) is 7.58. The molecule has 6 nitrogen and oxygen atoms in total. The second-order valence-electron chi connectivity index (χ2n) is 5.38. The quantitative estimate of drug-likeness (QED) is 0.802. The highest BCUT2D eigenvalue weighted by atomic mass is 16.5. The van der Waals surface area contributed by atoms with E-state index in [9.17, 15) is 4.79 Å². The molecule has 0 aliphatic heterocycles. The van der Waals surface area contributed by atoms with Crippen molar-refractivity contribution in [2.75, 3.05) is 30.9 Å². The third kappa shape index (κ3) is 4.75. The zero-order valence-electron chi connectivity index (χ0n) is 13.9. The van der Waals surface area contributed by atoms with Crippen LogP contribution in [0.1, 0.15) is 27.4 Å². The van der Waals surface area contributed by atoms with Gasteiger partial charge in [0.15, 0.2) is 0 Å². The Morgan fingerprint density at radius 2 is 1.96 bits per heavy atom. The Morgan fingerprint density at radius 1 is 1.17 bits per heavy atom. The zero-order chi connectivity index (χ0) is 16.8. The van der Waals surface area contributed by atoms with Gasteiger partial charge in [-0.05, 0) is 38.0 Å². The van der Waals surface area contributed by atoms with Crippen molar-refractivity contribution >= 4 is 17.4 Å². The molecule has 1 aromatic heterocycles. The van der Waals surface area contributed by atoms with Gasteiger partial charge in [-0.1, -0.05) is 12.1 Å². The van der Waals surface area contributed by atoms with Crippen LogP contribution >= 0.6 is 0 Å². The van der Waals surface area contributed by atoms with E-state index in [-0.39, 0.29) is 5.91 Å². The van der Waals surface area contributed by atoms with Gasteiger partial charge in [0.05, 0.1) is 6.61 Å². The molecule has 2 N–H and O–H groups in total. The van der Waals surface area contributed by atoms with Gasteiger partial charge in [0.2, 0.25) is 0 Å². The number of anilines is 2. The minimum absolute atomic E-state index is 0.251. The first kappa shape index (κ1) is 16.9. The number of hydrogen-bond donors (Lipinski definition) is 2. The zero-order valence-corrected chi connectivity index (χ0v) is 13.9. The molecule has 1 heterocycles. The third-order valence-corrected chi connectivity index (χ3v) is 3.32. The molecule has 6 heteroatoms. The van der Waals surface area contributed by atoms with Crippen LogP contribution in [-0.4, -0.2) is 36.1 Å². The Morgan fingerprint density at radius 3 is 2.70 bits per heavy atom. The largest absolute Gasteiger partial charge is 0.383 e. The number of benzene rings is 1. The first-order valence-corrected chi connectivity index (χ1v) is 7.46. The van der Waals surface area contributed by atoms with E-state index in [1.54, 1.807) is 20.1 Å². The van der Waals surface area contributed by atoms with Gasteiger partial charge in [-0.25, -0.2) is 9.97 Å². The molecule has 0 aliphatic carbocycles. The summed E-state index contributed by atoms with van der Waals surface area (Å²) in [7, 11) is 1.63. The van der Waals surface area contributed by atoms with Crippen LogP contribution in [0.3, 0.4) is 0 Å². The highest BCUT2D eigenvalue weighted by Crippen LogP contribution is 2.17. The van der Waals surface area contributed by atoms with Crippen molar-refractivity contribution in [2.45, 2.75) is 20.8 Å². The average Bonchev–Trinajstić information content (AvgIpc) is 2.50. The van der Waals surface area contributed by atoms with E-state index in [1.165, 1.54) is 0 Å². The molecule has 0 unspecified atom stereocenters. The number of carbonyl (C=O) groups excluding carboxylic acids is 1. The van der Waals surface area contributed by atoms with Crippen LogP contribution in [0.5, 0.6) is 0 Å². The first-order chi connectivity index (χ1) is 11.0. The number of aryl methyl sites for hydroxylation is 3. The highest BCUT2D eigenvalue weighted by molar-refractivity contribution is 6.03. The fourth-order valence-electron chi connectivity index (χ4n) is 2.11. The number of methoxy groups -OCH3 is 1. The van der Waals surface area contributed by atoms with Crippen molar-refractivity contribution in [1.82, 2.24) is 9.97 Å². The molecule has 0 atom stereocenters. The van der Waals surface area contributed by atoms with Crippen LogP contribution in [0.4, 0.5) is 11.5 Å². The molecule has 1 aromatic carbocycles. The number of ether oxygens (including phenoxy) is 1. The third-order valence-electron chi connectivity index (χ3n) is 3.32. The number of aromatic nitrogens is 2. The Bertz CT molecular complexity index is 701. The van der Waals surface area contributed by atoms with Gasteiger partial charge in [-0.3, -0.25) is 4.79 Å². The van der Waals surface area contributed by atoms with E-state index >= 15 is 0 Å². The highest BCUT2D eigenvalue weighted by Gasteiger charge is 2.12. The summed E-state index contributed by atoms with van der Waals surface area (Å²) in [4.78, 5) is 20.9. The molecule has 1 amide bonds. The lowest BCUT2D eigenvalue weighted by Gasteiger charge is -2.11. The molecule has 0 fully saturated rings. The number of nitrogens with zero attached hydrogens (tertiary/aromatic N) is 2. The van der Waals surface area contributed by atoms with Gasteiger partial charge < -0.3 is 15.4 Å². The lowest BCUT2D eigenvalue weighted by Crippen LogP contribution is -2.17. The Kier molecular flexibility index (Phi) is 5.65. The van der Waals surface area contributed by atoms with Crippen molar-refractivity contribution in [3.05, 3.63) is 46.9 Å². The molecule has 0 saturated carbocycles. The summed E-state index contributed by atoms with van der Waals surface area (Å²) >= 11 is 0. The summed E-state index contributed by atoms with van der Waals surface area (Å²) in [5.74, 6) is 0.901. The normalized spacial score (nSPS) is 10.4. The minimum atomic E-state index is -0.251. The van der Waals surface area contributed by atoms with Crippen LogP contribution in [0.25, 0.3) is 0 Å². The Balaban J connectivity index is 2.16. The number of carbonyl (C=O) groups is 1. The van der Waals surface area contributed by atoms with Gasteiger partial charge in [-0.2, -0.15) is 0 Å². The van der Waals surface area contributed by atoms with Gasteiger partial charge in [0, 0.05) is 25.4 Å². The van der Waals surface area contributed by atoms with Gasteiger partial charge in [-0.15, -0.1) is 0 Å². The smallest absolute Gasteiger partial charge is 0.274 e. The summed E-state index contributed by atoms with van der Waals surface area (Å²) in [5.41, 5.74) is 3.22. The Labute approximate surface area is 136 Å². The van der Waals surface area contributed by atoms with Crippen molar-refractivity contribution in [3.8, 4) is 0 Å². The van der Waals surface area contributed by atoms with E-state index in [0.717, 1.165) is 16.8 Å². The van der Waals surface area contributed by atoms with E-state index in [4.69, 9.17) is 4.74 Å². The van der Waals surface area contributed by atoms with Crippen molar-refractivity contribution in [2.24, 2.45) is 0 Å². The standard InChI is InChI=1S/C17H22N4O2/c1-11-5-6-12(2)14(9-11)21-17(22)15-10-16(18-7-8-23-4)20-13(3)19-15/h5-6,9-10H,7-8H2,1-4H3,(H,21,22)(H,18,19,20). The second-order valence-corrected chi connectivity index (χ2v) is 5.38. The second kappa shape index (κ2) is 7.69. The molecule has 2 aromatic rings. The molecular weight excluding hydrogens is 292 g/mol. The SMILES string of the molecule is COCCNc1cc(C(=O)Nc2cc(C)ccc2C)nc(C)n1. The van der Waals surface area contributed by atoms with Gasteiger partial charge in [0.1, 0.15) is 17.3 Å². The van der Waals surface area contributed by atoms with Crippen molar-refractivity contribution in [3.63, 3.8) is 0 Å². The molecule has 0 saturated heterocycles. The molecule has 0 radical (unpaired) electrons. The maximum atomic E-state index is 12.5. The van der Waals surface area contributed by atoms with Crippen LogP contribution < -0.4 is 10.6 Å². The fraction of sp³-hybridized carbons (Fsp3) is 0.353. The lowest BCUT2D eigenvalue weighted by molar-refractivity contribution is 0.102. The molecule has 23 heavy (non-hydrogen) atoms. The molecule has 122 valence electrons. The monoisotopic (exact) mass is 314 g/mol.